The normalized spacial score (nSPS) is 47.6. The molecule has 0 amide bonds. The third-order valence-electron chi connectivity index (χ3n) is 10.1. The monoisotopic (exact) mass is 395 g/mol. The highest BCUT2D eigenvalue weighted by atomic mass is 16.3. The summed E-state index contributed by atoms with van der Waals surface area (Å²) in [4.78, 5) is 0. The fourth-order valence-corrected chi connectivity index (χ4v) is 8.84. The lowest BCUT2D eigenvalue weighted by Gasteiger charge is -2.57. The highest BCUT2D eigenvalue weighted by molar-refractivity contribution is 5.43. The van der Waals surface area contributed by atoms with Crippen molar-refractivity contribution in [3.63, 3.8) is 0 Å². The van der Waals surface area contributed by atoms with E-state index >= 15 is 0 Å². The molecule has 0 heterocycles. The van der Waals surface area contributed by atoms with Crippen molar-refractivity contribution in [3.8, 4) is 0 Å². The van der Waals surface area contributed by atoms with Gasteiger partial charge in [0.05, 0.1) is 5.60 Å². The number of aliphatic hydroxyl groups is 1. The highest BCUT2D eigenvalue weighted by Crippen LogP contribution is 2.65. The Labute approximate surface area is 177 Å². The molecule has 1 aromatic carbocycles. The summed E-state index contributed by atoms with van der Waals surface area (Å²) in [6.45, 7) is 7.15. The van der Waals surface area contributed by atoms with E-state index < -0.39 is 5.60 Å². The lowest BCUT2D eigenvalue weighted by Crippen LogP contribution is -2.51. The van der Waals surface area contributed by atoms with Crippen LogP contribution in [0, 0.1) is 40.9 Å². The van der Waals surface area contributed by atoms with Gasteiger partial charge in [0.1, 0.15) is 0 Å². The SMILES string of the molecule is C[C@@H](Nc1ccccc1)[C@H]1CC[C@H]2[C@@H]3CC[C@@H]4C[C@](C)(O)CC[C@@H]4[C@H]3CC[C@]12C. The van der Waals surface area contributed by atoms with E-state index in [-0.39, 0.29) is 0 Å². The number of para-hydroxylation sites is 1. The van der Waals surface area contributed by atoms with E-state index in [0.29, 0.717) is 11.5 Å². The number of rotatable bonds is 3. The summed E-state index contributed by atoms with van der Waals surface area (Å²) in [5, 5.41) is 14.5. The summed E-state index contributed by atoms with van der Waals surface area (Å²) in [6, 6.07) is 11.3. The third kappa shape index (κ3) is 3.44. The van der Waals surface area contributed by atoms with Crippen LogP contribution in [0.3, 0.4) is 0 Å². The van der Waals surface area contributed by atoms with Crippen LogP contribution >= 0.6 is 0 Å². The van der Waals surface area contributed by atoms with Gasteiger partial charge in [-0.3, -0.25) is 0 Å². The molecule has 2 heteroatoms. The fraction of sp³-hybridized carbons (Fsp3) is 0.778. The van der Waals surface area contributed by atoms with Gasteiger partial charge in [-0.1, -0.05) is 25.1 Å². The molecule has 2 N–H and O–H groups in total. The molecule has 160 valence electrons. The molecule has 5 rings (SSSR count). The molecule has 29 heavy (non-hydrogen) atoms. The second-order valence-electron chi connectivity index (χ2n) is 11.7. The first-order valence-corrected chi connectivity index (χ1v) is 12.4. The Kier molecular flexibility index (Phi) is 5.01. The quantitative estimate of drug-likeness (QED) is 0.611. The zero-order valence-corrected chi connectivity index (χ0v) is 18.7. The molecule has 4 saturated carbocycles. The number of benzene rings is 1. The van der Waals surface area contributed by atoms with E-state index in [2.05, 4.69) is 56.4 Å². The molecule has 0 aliphatic heterocycles. The van der Waals surface area contributed by atoms with Crippen LogP contribution < -0.4 is 5.32 Å². The molecule has 0 radical (unpaired) electrons. The molecule has 0 saturated heterocycles. The number of anilines is 1. The molecule has 4 fully saturated rings. The van der Waals surface area contributed by atoms with Crippen LogP contribution in [0.25, 0.3) is 0 Å². The first kappa shape index (κ1) is 19.9. The van der Waals surface area contributed by atoms with Crippen LogP contribution in [0.15, 0.2) is 30.3 Å². The Bertz CT molecular complexity index is 715. The van der Waals surface area contributed by atoms with Gasteiger partial charge in [-0.15, -0.1) is 0 Å². The van der Waals surface area contributed by atoms with Gasteiger partial charge in [-0.05, 0) is 125 Å². The molecular weight excluding hydrogens is 354 g/mol. The van der Waals surface area contributed by atoms with Crippen LogP contribution in [0.4, 0.5) is 5.69 Å². The molecule has 0 bridgehead atoms. The van der Waals surface area contributed by atoms with Gasteiger partial charge < -0.3 is 10.4 Å². The Morgan fingerprint density at radius 1 is 0.897 bits per heavy atom. The maximum atomic E-state index is 10.6. The molecule has 0 spiro atoms. The highest BCUT2D eigenvalue weighted by Gasteiger charge is 2.58. The first-order chi connectivity index (χ1) is 13.9. The number of nitrogens with one attached hydrogen (secondary N) is 1. The number of hydrogen-bond acceptors (Lipinski definition) is 2. The standard InChI is InChI=1S/C27H41NO/c1-18(28-20-7-5-4-6-8-20)24-11-12-25-23-10-9-19-17-26(2,29)15-13-21(19)22(23)14-16-27(24,25)3/h4-8,18-19,21-25,28-29H,9-17H2,1-3H3/t18-,19-,21+,22-,23-,24-,25+,26-,27-/m1/s1. The topological polar surface area (TPSA) is 32.3 Å². The summed E-state index contributed by atoms with van der Waals surface area (Å²) >= 11 is 0. The average Bonchev–Trinajstić information content (AvgIpc) is 3.05. The third-order valence-corrected chi connectivity index (χ3v) is 10.1. The van der Waals surface area contributed by atoms with Crippen molar-refractivity contribution in [3.05, 3.63) is 30.3 Å². The minimum absolute atomic E-state index is 0.395. The Morgan fingerprint density at radius 3 is 2.45 bits per heavy atom. The predicted octanol–water partition coefficient (Wildman–Crippen LogP) is 6.51. The van der Waals surface area contributed by atoms with E-state index in [4.69, 9.17) is 0 Å². The van der Waals surface area contributed by atoms with Crippen molar-refractivity contribution >= 4 is 5.69 Å². The molecule has 4 aliphatic carbocycles. The largest absolute Gasteiger partial charge is 0.390 e. The first-order valence-electron chi connectivity index (χ1n) is 12.4. The van der Waals surface area contributed by atoms with Crippen molar-refractivity contribution in [1.82, 2.24) is 0 Å². The maximum absolute atomic E-state index is 10.6. The molecular formula is C27H41NO. The van der Waals surface area contributed by atoms with Crippen molar-refractivity contribution in [1.29, 1.82) is 0 Å². The summed E-state index contributed by atoms with van der Waals surface area (Å²) in [5.41, 5.74) is 1.39. The smallest absolute Gasteiger partial charge is 0.0622 e. The summed E-state index contributed by atoms with van der Waals surface area (Å²) in [5.74, 6) is 5.30. The van der Waals surface area contributed by atoms with E-state index in [1.165, 1.54) is 50.6 Å². The molecule has 4 aliphatic rings. The Morgan fingerprint density at radius 2 is 1.66 bits per heavy atom. The zero-order valence-electron chi connectivity index (χ0n) is 18.7. The van der Waals surface area contributed by atoms with Gasteiger partial charge in [0.25, 0.3) is 0 Å². The summed E-state index contributed by atoms with van der Waals surface area (Å²) in [6.07, 6.45) is 11.9. The van der Waals surface area contributed by atoms with Gasteiger partial charge in [-0.25, -0.2) is 0 Å². The van der Waals surface area contributed by atoms with E-state index in [1.54, 1.807) is 0 Å². The van der Waals surface area contributed by atoms with Gasteiger partial charge >= 0.3 is 0 Å². The minimum Gasteiger partial charge on any atom is -0.390 e. The predicted molar refractivity (Wildman–Crippen MR) is 121 cm³/mol. The van der Waals surface area contributed by atoms with Crippen LogP contribution in [-0.2, 0) is 0 Å². The van der Waals surface area contributed by atoms with Crippen molar-refractivity contribution in [2.45, 2.75) is 90.2 Å². The molecule has 0 unspecified atom stereocenters. The number of fused-ring (bicyclic) bond motifs is 5. The summed E-state index contributed by atoms with van der Waals surface area (Å²) in [7, 11) is 0. The van der Waals surface area contributed by atoms with Gasteiger partial charge in [0, 0.05) is 11.7 Å². The van der Waals surface area contributed by atoms with Crippen LogP contribution in [0.2, 0.25) is 0 Å². The van der Waals surface area contributed by atoms with E-state index in [1.807, 2.05) is 0 Å². The second-order valence-corrected chi connectivity index (χ2v) is 11.7. The molecule has 1 aromatic rings. The van der Waals surface area contributed by atoms with Crippen LogP contribution in [0.5, 0.6) is 0 Å². The van der Waals surface area contributed by atoms with Gasteiger partial charge in [0.2, 0.25) is 0 Å². The molecule has 0 aromatic heterocycles. The van der Waals surface area contributed by atoms with Crippen molar-refractivity contribution in [2.75, 3.05) is 5.32 Å². The summed E-state index contributed by atoms with van der Waals surface area (Å²) < 4.78 is 0. The van der Waals surface area contributed by atoms with Gasteiger partial charge in [0.15, 0.2) is 0 Å². The van der Waals surface area contributed by atoms with Crippen molar-refractivity contribution < 1.29 is 5.11 Å². The molecule has 2 nitrogen and oxygen atoms in total. The minimum atomic E-state index is -0.395. The van der Waals surface area contributed by atoms with Crippen molar-refractivity contribution in [2.24, 2.45) is 40.9 Å². The maximum Gasteiger partial charge on any atom is 0.0622 e. The number of hydrogen-bond donors (Lipinski definition) is 2. The molecule has 9 atom stereocenters. The Hall–Kier alpha value is -1.02. The fourth-order valence-electron chi connectivity index (χ4n) is 8.84. The van der Waals surface area contributed by atoms with Gasteiger partial charge in [-0.2, -0.15) is 0 Å². The van der Waals surface area contributed by atoms with Crippen LogP contribution in [-0.4, -0.2) is 16.7 Å². The van der Waals surface area contributed by atoms with Crippen LogP contribution in [0.1, 0.15) is 78.6 Å². The zero-order chi connectivity index (χ0) is 20.2. The lowest BCUT2D eigenvalue weighted by molar-refractivity contribution is -0.100. The van der Waals surface area contributed by atoms with E-state index in [0.717, 1.165) is 48.3 Å². The lowest BCUT2D eigenvalue weighted by atomic mass is 9.49. The van der Waals surface area contributed by atoms with E-state index in [9.17, 15) is 5.11 Å². The second kappa shape index (κ2) is 7.29. The average molecular weight is 396 g/mol. The Balaban J connectivity index is 1.31.